The number of hydrogen-bond acceptors (Lipinski definition) is 3. The van der Waals surface area contributed by atoms with Crippen LogP contribution in [-0.2, 0) is 16.0 Å². The molecule has 4 nitrogen and oxygen atoms in total. The molecule has 0 saturated carbocycles. The van der Waals surface area contributed by atoms with Crippen LogP contribution in [0.15, 0.2) is 30.5 Å². The first-order chi connectivity index (χ1) is 12.6. The number of aromatic amines is 1. The quantitative estimate of drug-likeness (QED) is 0.827. The zero-order valence-electron chi connectivity index (χ0n) is 15.9. The Morgan fingerprint density at radius 1 is 1.35 bits per heavy atom. The summed E-state index contributed by atoms with van der Waals surface area (Å²) in [6.45, 7) is 5.51. The monoisotopic (exact) mass is 352 g/mol. The minimum absolute atomic E-state index is 0.0302. The molecule has 1 aromatic carbocycles. The van der Waals surface area contributed by atoms with E-state index < -0.39 is 0 Å². The number of hydrogen-bond donors (Lipinski definition) is 1. The molecule has 2 atom stereocenters. The van der Waals surface area contributed by atoms with Gasteiger partial charge in [-0.15, -0.1) is 0 Å². The van der Waals surface area contributed by atoms with Crippen molar-refractivity contribution in [3.8, 4) is 0 Å². The van der Waals surface area contributed by atoms with Crippen molar-refractivity contribution in [2.24, 2.45) is 11.8 Å². The Labute approximate surface area is 155 Å². The van der Waals surface area contributed by atoms with Crippen molar-refractivity contribution in [2.75, 3.05) is 20.2 Å². The number of rotatable bonds is 5. The molecule has 0 spiro atoms. The third kappa shape index (κ3) is 2.86. The molecule has 2 aliphatic rings. The number of carbonyl (C=O) groups excluding carboxylic acids is 1. The lowest BCUT2D eigenvalue weighted by Gasteiger charge is -2.39. The van der Waals surface area contributed by atoms with Crippen LogP contribution in [0.5, 0.6) is 0 Å². The van der Waals surface area contributed by atoms with Crippen LogP contribution in [0, 0.1) is 11.8 Å². The summed E-state index contributed by atoms with van der Waals surface area (Å²) >= 11 is 0. The van der Waals surface area contributed by atoms with Crippen molar-refractivity contribution >= 4 is 22.4 Å². The lowest BCUT2D eigenvalue weighted by atomic mass is 9.80. The fourth-order valence-electron chi connectivity index (χ4n) is 4.58. The third-order valence-corrected chi connectivity index (χ3v) is 6.10. The van der Waals surface area contributed by atoms with Crippen molar-refractivity contribution in [1.82, 2.24) is 9.88 Å². The van der Waals surface area contributed by atoms with Crippen molar-refractivity contribution in [1.29, 1.82) is 0 Å². The van der Waals surface area contributed by atoms with Gasteiger partial charge in [0, 0.05) is 35.6 Å². The minimum atomic E-state index is -0.0446. The highest BCUT2D eigenvalue weighted by atomic mass is 16.5. The Bertz CT molecular complexity index is 847. The molecule has 138 valence electrons. The van der Waals surface area contributed by atoms with Crippen LogP contribution in [0.3, 0.4) is 0 Å². The number of nitrogens with zero attached hydrogens (tertiary/aromatic N) is 1. The van der Waals surface area contributed by atoms with E-state index in [9.17, 15) is 4.79 Å². The highest BCUT2D eigenvalue weighted by Gasteiger charge is 2.34. The topological polar surface area (TPSA) is 45.3 Å². The summed E-state index contributed by atoms with van der Waals surface area (Å²) in [6.07, 6.45) is 7.25. The summed E-state index contributed by atoms with van der Waals surface area (Å²) in [4.78, 5) is 18.1. The molecule has 0 saturated heterocycles. The van der Waals surface area contributed by atoms with Crippen LogP contribution in [0.2, 0.25) is 0 Å². The molecule has 2 aromatic rings. The van der Waals surface area contributed by atoms with Crippen LogP contribution < -0.4 is 0 Å². The fourth-order valence-corrected chi connectivity index (χ4v) is 4.58. The third-order valence-electron chi connectivity index (χ3n) is 6.10. The minimum Gasteiger partial charge on any atom is -0.465 e. The molecule has 0 fully saturated rings. The smallest absolute Gasteiger partial charge is 0.308 e. The van der Waals surface area contributed by atoms with Gasteiger partial charge in [-0.3, -0.25) is 9.69 Å². The van der Waals surface area contributed by atoms with E-state index in [2.05, 4.69) is 47.4 Å². The van der Waals surface area contributed by atoms with Crippen LogP contribution in [0.1, 0.15) is 37.8 Å². The van der Waals surface area contributed by atoms with Crippen molar-refractivity contribution in [3.63, 3.8) is 0 Å². The summed E-state index contributed by atoms with van der Waals surface area (Å²) in [7, 11) is 2.19. The van der Waals surface area contributed by atoms with Gasteiger partial charge < -0.3 is 9.72 Å². The van der Waals surface area contributed by atoms with E-state index in [1.165, 1.54) is 27.6 Å². The summed E-state index contributed by atoms with van der Waals surface area (Å²) in [5.41, 5.74) is 5.34. The van der Waals surface area contributed by atoms with Crippen molar-refractivity contribution in [3.05, 3.63) is 41.6 Å². The first-order valence-electron chi connectivity index (χ1n) is 9.80. The molecule has 0 bridgehead atoms. The zero-order valence-corrected chi connectivity index (χ0v) is 15.9. The van der Waals surface area contributed by atoms with Gasteiger partial charge in [0.25, 0.3) is 0 Å². The summed E-state index contributed by atoms with van der Waals surface area (Å²) in [5.74, 6) is 0.236. The highest BCUT2D eigenvalue weighted by molar-refractivity contribution is 5.98. The van der Waals surface area contributed by atoms with Gasteiger partial charge in [0.1, 0.15) is 0 Å². The maximum atomic E-state index is 12.2. The summed E-state index contributed by atoms with van der Waals surface area (Å²) in [6, 6.07) is 6.90. The first-order valence-corrected chi connectivity index (χ1v) is 9.80. The summed E-state index contributed by atoms with van der Waals surface area (Å²) in [5, 5.41) is 1.36. The number of fused-ring (bicyclic) bond motifs is 2. The average Bonchev–Trinajstić information content (AvgIpc) is 3.06. The molecule has 4 rings (SSSR count). The molecule has 1 aliphatic heterocycles. The van der Waals surface area contributed by atoms with E-state index in [1.807, 2.05) is 13.8 Å². The number of benzene rings is 1. The lowest BCUT2D eigenvalue weighted by molar-refractivity contribution is -0.149. The predicted molar refractivity (Wildman–Crippen MR) is 105 cm³/mol. The predicted octanol–water partition coefficient (Wildman–Crippen LogP) is 4.02. The van der Waals surface area contributed by atoms with E-state index in [4.69, 9.17) is 4.74 Å². The van der Waals surface area contributed by atoms with Gasteiger partial charge in [-0.2, -0.15) is 0 Å². The Kier molecular flexibility index (Phi) is 4.62. The molecule has 4 heteroatoms. The van der Waals surface area contributed by atoms with E-state index in [0.717, 1.165) is 25.8 Å². The molecular formula is C22H28N2O2. The van der Waals surface area contributed by atoms with E-state index >= 15 is 0 Å². The highest BCUT2D eigenvalue weighted by Crippen LogP contribution is 2.40. The number of nitrogens with one attached hydrogen (secondary N) is 1. The number of likely N-dealkylation sites (N-methyl/N-ethyl adjacent to an activating group) is 1. The largest absolute Gasteiger partial charge is 0.465 e. The lowest BCUT2D eigenvalue weighted by Crippen LogP contribution is -2.43. The zero-order chi connectivity index (χ0) is 18.3. The molecule has 26 heavy (non-hydrogen) atoms. The molecule has 0 unspecified atom stereocenters. The van der Waals surface area contributed by atoms with Gasteiger partial charge in [-0.25, -0.2) is 0 Å². The van der Waals surface area contributed by atoms with Crippen molar-refractivity contribution < 1.29 is 9.53 Å². The first kappa shape index (κ1) is 17.3. The molecule has 2 heterocycles. The number of carbonyl (C=O) groups is 1. The van der Waals surface area contributed by atoms with Crippen LogP contribution in [0.4, 0.5) is 0 Å². The number of esters is 1. The maximum absolute atomic E-state index is 12.2. The van der Waals surface area contributed by atoms with Crippen molar-refractivity contribution in [2.45, 2.75) is 39.2 Å². The van der Waals surface area contributed by atoms with E-state index in [1.54, 1.807) is 0 Å². The van der Waals surface area contributed by atoms with Gasteiger partial charge in [0.05, 0.1) is 12.5 Å². The van der Waals surface area contributed by atoms with Crippen LogP contribution in [0.25, 0.3) is 16.5 Å². The average molecular weight is 352 g/mol. The molecule has 0 amide bonds. The molecule has 1 aromatic heterocycles. The second-order valence-electron chi connectivity index (χ2n) is 7.73. The number of ether oxygens (including phenoxy) is 1. The van der Waals surface area contributed by atoms with E-state index in [-0.39, 0.29) is 17.8 Å². The van der Waals surface area contributed by atoms with Gasteiger partial charge in [-0.05, 0) is 49.1 Å². The molecule has 1 N–H and O–H groups in total. The van der Waals surface area contributed by atoms with Gasteiger partial charge in [-0.1, -0.05) is 32.1 Å². The Balaban J connectivity index is 1.59. The Hall–Kier alpha value is -2.07. The maximum Gasteiger partial charge on any atom is 0.308 e. The summed E-state index contributed by atoms with van der Waals surface area (Å²) < 4.78 is 5.66. The molecule has 0 radical (unpaired) electrons. The molecule has 1 aliphatic carbocycles. The SMILES string of the molecule is CCC(CC)C(=O)OC[C@@H]1C=C2c3cccc4[nH]cc(c34)C[C@H]2N(C)C1. The fraction of sp³-hybridized carbons (Fsp3) is 0.500. The Morgan fingerprint density at radius 3 is 2.92 bits per heavy atom. The van der Waals surface area contributed by atoms with Gasteiger partial charge in [0.15, 0.2) is 0 Å². The van der Waals surface area contributed by atoms with E-state index in [0.29, 0.717) is 12.6 Å². The van der Waals surface area contributed by atoms with Crippen LogP contribution >= 0.6 is 0 Å². The second-order valence-corrected chi connectivity index (χ2v) is 7.73. The number of H-pyrrole nitrogens is 1. The normalized spacial score (nSPS) is 22.4. The second kappa shape index (κ2) is 6.92. The molecular weight excluding hydrogens is 324 g/mol. The van der Waals surface area contributed by atoms with Gasteiger partial charge >= 0.3 is 5.97 Å². The van der Waals surface area contributed by atoms with Crippen LogP contribution in [-0.4, -0.2) is 42.1 Å². The number of aromatic nitrogens is 1. The van der Waals surface area contributed by atoms with Gasteiger partial charge in [0.2, 0.25) is 0 Å². The standard InChI is InChI=1S/C22H28N2O2/c1-4-15(5-2)22(25)26-13-14-9-18-17-7-6-8-19-21(17)16(11-23-19)10-20(18)24(3)12-14/h6-9,11,14-15,20,23H,4-5,10,12-13H2,1-3H3/t14-,20-/m1/s1. The Morgan fingerprint density at radius 2 is 2.15 bits per heavy atom.